The average molecular weight is 476 g/mol. The smallest absolute Gasteiger partial charge is 0.256 e. The van der Waals surface area contributed by atoms with E-state index in [2.05, 4.69) is 10.4 Å². The Morgan fingerprint density at radius 2 is 1.84 bits per heavy atom. The van der Waals surface area contributed by atoms with Crippen LogP contribution in [0.15, 0.2) is 42.5 Å². The van der Waals surface area contributed by atoms with E-state index in [-0.39, 0.29) is 11.5 Å². The third-order valence-corrected chi connectivity index (χ3v) is 6.55. The first-order chi connectivity index (χ1) is 15.3. The number of ether oxygens (including phenoxy) is 2. The summed E-state index contributed by atoms with van der Waals surface area (Å²) in [6.45, 7) is 4.58. The number of hydrogen-bond donors (Lipinski definition) is 1. The molecule has 10 heteroatoms. The van der Waals surface area contributed by atoms with Gasteiger partial charge in [-0.05, 0) is 50.2 Å². The van der Waals surface area contributed by atoms with Crippen LogP contribution in [0.5, 0.6) is 11.5 Å². The van der Waals surface area contributed by atoms with Gasteiger partial charge in [0.2, 0.25) is 0 Å². The minimum atomic E-state index is -3.31. The summed E-state index contributed by atoms with van der Waals surface area (Å²) in [6, 6.07) is 11.8. The molecule has 1 aliphatic rings. The van der Waals surface area contributed by atoms with Crippen LogP contribution in [0.3, 0.4) is 0 Å². The lowest BCUT2D eigenvalue weighted by Crippen LogP contribution is -2.17. The average Bonchev–Trinajstić information content (AvgIpc) is 3.22. The molecule has 168 valence electrons. The van der Waals surface area contributed by atoms with Crippen molar-refractivity contribution in [2.75, 3.05) is 18.5 Å². The van der Waals surface area contributed by atoms with Crippen LogP contribution in [0.4, 0.5) is 5.82 Å². The molecule has 32 heavy (non-hydrogen) atoms. The summed E-state index contributed by atoms with van der Waals surface area (Å²) in [4.78, 5) is 13.1. The van der Waals surface area contributed by atoms with Gasteiger partial charge in [0, 0.05) is 16.1 Å². The second-order valence-electron chi connectivity index (χ2n) is 7.18. The van der Waals surface area contributed by atoms with Gasteiger partial charge in [0.15, 0.2) is 21.3 Å². The van der Waals surface area contributed by atoms with Gasteiger partial charge in [-0.25, -0.2) is 13.1 Å². The lowest BCUT2D eigenvalue weighted by atomic mass is 10.1. The van der Waals surface area contributed by atoms with E-state index in [0.717, 1.165) is 0 Å². The van der Waals surface area contributed by atoms with Gasteiger partial charge in [-0.15, -0.1) is 0 Å². The van der Waals surface area contributed by atoms with Crippen molar-refractivity contribution >= 4 is 33.2 Å². The predicted molar refractivity (Wildman–Crippen MR) is 122 cm³/mol. The molecule has 1 aliphatic heterocycles. The Morgan fingerprint density at radius 3 is 2.56 bits per heavy atom. The highest BCUT2D eigenvalue weighted by atomic mass is 35.5. The third kappa shape index (κ3) is 4.44. The number of sulfone groups is 1. The van der Waals surface area contributed by atoms with E-state index in [0.29, 0.717) is 58.1 Å². The third-order valence-electron chi connectivity index (χ3n) is 4.88. The number of nitrogens with zero attached hydrogens (tertiary/aromatic N) is 2. The molecule has 0 bridgehead atoms. The SMILES string of the molecule is CCOc1ccc(C(=O)Nc2c3c(nn2-c2cccc(Cl)c2)CS(=O)(=O)C3)cc1OCC. The van der Waals surface area contributed by atoms with Gasteiger partial charge in [-0.2, -0.15) is 5.10 Å². The first-order valence-electron chi connectivity index (χ1n) is 10.1. The zero-order valence-corrected chi connectivity index (χ0v) is 19.2. The molecule has 0 radical (unpaired) electrons. The lowest BCUT2D eigenvalue weighted by Gasteiger charge is -2.14. The van der Waals surface area contributed by atoms with Crippen molar-refractivity contribution in [3.8, 4) is 17.2 Å². The number of rotatable bonds is 7. The van der Waals surface area contributed by atoms with Gasteiger partial charge < -0.3 is 14.8 Å². The summed E-state index contributed by atoms with van der Waals surface area (Å²) >= 11 is 6.13. The van der Waals surface area contributed by atoms with Crippen LogP contribution in [0, 0.1) is 0 Å². The summed E-state index contributed by atoms with van der Waals surface area (Å²) in [5, 5.41) is 7.79. The normalized spacial score (nSPS) is 14.1. The number of hydrogen-bond acceptors (Lipinski definition) is 6. The largest absolute Gasteiger partial charge is 0.490 e. The van der Waals surface area contributed by atoms with Crippen molar-refractivity contribution in [1.82, 2.24) is 9.78 Å². The Morgan fingerprint density at radius 1 is 1.09 bits per heavy atom. The van der Waals surface area contributed by atoms with Gasteiger partial charge in [0.1, 0.15) is 5.82 Å². The molecule has 0 saturated carbocycles. The molecule has 0 spiro atoms. The van der Waals surface area contributed by atoms with Crippen molar-refractivity contribution in [1.29, 1.82) is 0 Å². The molecule has 1 amide bonds. The highest BCUT2D eigenvalue weighted by Gasteiger charge is 2.33. The van der Waals surface area contributed by atoms with E-state index in [1.165, 1.54) is 4.68 Å². The maximum atomic E-state index is 13.1. The minimum absolute atomic E-state index is 0.170. The van der Waals surface area contributed by atoms with Crippen molar-refractivity contribution in [2.24, 2.45) is 0 Å². The Kier molecular flexibility index (Phi) is 6.12. The second kappa shape index (κ2) is 8.84. The Balaban J connectivity index is 1.72. The molecule has 0 fully saturated rings. The molecule has 0 atom stereocenters. The standard InChI is InChI=1S/C22H22ClN3O5S/c1-3-30-19-9-8-14(10-20(19)31-4-2)22(27)24-21-17-12-32(28,29)13-18(17)25-26(21)16-7-5-6-15(23)11-16/h5-11H,3-4,12-13H2,1-2H3,(H,24,27). The summed E-state index contributed by atoms with van der Waals surface area (Å²) < 4.78 is 37.0. The molecule has 0 saturated heterocycles. The van der Waals surface area contributed by atoms with Crippen molar-refractivity contribution < 1.29 is 22.7 Å². The number of carbonyl (C=O) groups excluding carboxylic acids is 1. The zero-order chi connectivity index (χ0) is 22.9. The number of fused-ring (bicyclic) bond motifs is 1. The summed E-state index contributed by atoms with van der Waals surface area (Å²) in [7, 11) is -3.31. The number of amides is 1. The number of anilines is 1. The molecule has 0 unspecified atom stereocenters. The monoisotopic (exact) mass is 475 g/mol. The van der Waals surface area contributed by atoms with Crippen LogP contribution in [0.25, 0.3) is 5.69 Å². The van der Waals surface area contributed by atoms with Gasteiger partial charge >= 0.3 is 0 Å². The van der Waals surface area contributed by atoms with Crippen molar-refractivity contribution in [3.63, 3.8) is 0 Å². The maximum absolute atomic E-state index is 13.1. The number of benzene rings is 2. The summed E-state index contributed by atoms with van der Waals surface area (Å²) in [6.07, 6.45) is 0. The molecular weight excluding hydrogens is 454 g/mol. The Bertz CT molecular complexity index is 1290. The summed E-state index contributed by atoms with van der Waals surface area (Å²) in [5.41, 5.74) is 1.85. The predicted octanol–water partition coefficient (Wildman–Crippen LogP) is 4.00. The van der Waals surface area contributed by atoms with E-state index in [4.69, 9.17) is 21.1 Å². The van der Waals surface area contributed by atoms with Crippen LogP contribution in [0.1, 0.15) is 35.5 Å². The number of halogens is 1. The van der Waals surface area contributed by atoms with E-state index >= 15 is 0 Å². The van der Waals surface area contributed by atoms with Crippen molar-refractivity contribution in [3.05, 3.63) is 64.3 Å². The fourth-order valence-electron chi connectivity index (χ4n) is 3.54. The van der Waals surface area contributed by atoms with Crippen LogP contribution in [0.2, 0.25) is 5.02 Å². The maximum Gasteiger partial charge on any atom is 0.256 e. The van der Waals surface area contributed by atoms with E-state index in [1.807, 2.05) is 13.8 Å². The second-order valence-corrected chi connectivity index (χ2v) is 9.68. The number of nitrogens with one attached hydrogen (secondary N) is 1. The molecule has 8 nitrogen and oxygen atoms in total. The van der Waals surface area contributed by atoms with Gasteiger partial charge in [-0.1, -0.05) is 17.7 Å². The zero-order valence-electron chi connectivity index (χ0n) is 17.6. The highest BCUT2D eigenvalue weighted by molar-refractivity contribution is 7.90. The topological polar surface area (TPSA) is 99.5 Å². The van der Waals surface area contributed by atoms with Gasteiger partial charge in [-0.3, -0.25) is 4.79 Å². The van der Waals surface area contributed by atoms with E-state index in [9.17, 15) is 13.2 Å². The van der Waals surface area contributed by atoms with Gasteiger partial charge in [0.25, 0.3) is 5.91 Å². The van der Waals surface area contributed by atoms with E-state index in [1.54, 1.807) is 42.5 Å². The first kappa shape index (κ1) is 22.2. The van der Waals surface area contributed by atoms with Crippen molar-refractivity contribution in [2.45, 2.75) is 25.4 Å². The lowest BCUT2D eigenvalue weighted by molar-refractivity contribution is 0.102. The molecule has 3 aromatic rings. The van der Waals surface area contributed by atoms with Gasteiger partial charge in [0.05, 0.1) is 36.1 Å². The Hall–Kier alpha value is -3.04. The molecule has 1 N–H and O–H groups in total. The van der Waals surface area contributed by atoms with Crippen LogP contribution >= 0.6 is 11.6 Å². The summed E-state index contributed by atoms with van der Waals surface area (Å²) in [5.74, 6) is 0.520. The number of carbonyl (C=O) groups is 1. The fraction of sp³-hybridized carbons (Fsp3) is 0.273. The molecule has 2 aromatic carbocycles. The van der Waals surface area contributed by atoms with Crippen LogP contribution < -0.4 is 14.8 Å². The van der Waals surface area contributed by atoms with Crippen LogP contribution in [-0.4, -0.2) is 37.3 Å². The fourth-order valence-corrected chi connectivity index (χ4v) is 5.22. The molecule has 0 aliphatic carbocycles. The molecule has 2 heterocycles. The molecular formula is C22H22ClN3O5S. The molecule has 1 aromatic heterocycles. The first-order valence-corrected chi connectivity index (χ1v) is 12.3. The Labute approximate surface area is 191 Å². The minimum Gasteiger partial charge on any atom is -0.490 e. The number of aromatic nitrogens is 2. The molecule has 4 rings (SSSR count). The van der Waals surface area contributed by atoms with E-state index < -0.39 is 15.7 Å². The quantitative estimate of drug-likeness (QED) is 0.554. The highest BCUT2D eigenvalue weighted by Crippen LogP contribution is 2.34. The van der Waals surface area contributed by atoms with Crippen LogP contribution in [-0.2, 0) is 21.3 Å².